The van der Waals surface area contributed by atoms with Gasteiger partial charge in [0.2, 0.25) is 6.17 Å². The Morgan fingerprint density at radius 2 is 2.32 bits per heavy atom. The van der Waals surface area contributed by atoms with Gasteiger partial charge in [-0.15, -0.1) is 0 Å². The molecule has 1 heterocycles. The maximum atomic E-state index is 13.9. The summed E-state index contributed by atoms with van der Waals surface area (Å²) in [5, 5.41) is 0.786. The number of H-pyrrole nitrogens is 1. The number of carbonyl (C=O) groups is 1. The summed E-state index contributed by atoms with van der Waals surface area (Å²) >= 11 is 3.35. The van der Waals surface area contributed by atoms with Crippen molar-refractivity contribution in [3.05, 3.63) is 34.4 Å². The monoisotopic (exact) mass is 328 g/mol. The Labute approximate surface area is 118 Å². The fourth-order valence-electron chi connectivity index (χ4n) is 1.92. The third-order valence-corrected chi connectivity index (χ3v) is 3.36. The second kappa shape index (κ2) is 5.71. The highest BCUT2D eigenvalue weighted by Gasteiger charge is 2.29. The summed E-state index contributed by atoms with van der Waals surface area (Å²) < 4.78 is 19.4. The van der Waals surface area contributed by atoms with E-state index in [9.17, 15) is 9.18 Å². The molecular weight excluding hydrogens is 315 g/mol. The van der Waals surface area contributed by atoms with E-state index in [1.807, 2.05) is 18.2 Å². The number of esters is 1. The first-order chi connectivity index (χ1) is 9.04. The van der Waals surface area contributed by atoms with Gasteiger partial charge in [-0.2, -0.15) is 0 Å². The van der Waals surface area contributed by atoms with Crippen LogP contribution in [0, 0.1) is 0 Å². The molecule has 19 heavy (non-hydrogen) atoms. The molecule has 4 nitrogen and oxygen atoms in total. The summed E-state index contributed by atoms with van der Waals surface area (Å²) in [6.07, 6.45) is -0.258. The van der Waals surface area contributed by atoms with Crippen LogP contribution in [0.15, 0.2) is 28.9 Å². The van der Waals surface area contributed by atoms with Gasteiger partial charge in [-0.25, -0.2) is 9.18 Å². The zero-order chi connectivity index (χ0) is 14.0. The van der Waals surface area contributed by atoms with Crippen LogP contribution in [0.5, 0.6) is 0 Å². The van der Waals surface area contributed by atoms with E-state index in [-0.39, 0.29) is 6.61 Å². The van der Waals surface area contributed by atoms with Gasteiger partial charge in [0.1, 0.15) is 0 Å². The standard InChI is InChI=1S/C13H14BrFN2O2/c1-2-19-13(18)11(15)12(16)9-6-17-10-4-3-7(14)5-8(9)10/h3-6,11-12,17H,2,16H2,1H3/t11?,12-/m0/s1. The van der Waals surface area contributed by atoms with Crippen molar-refractivity contribution >= 4 is 32.8 Å². The van der Waals surface area contributed by atoms with E-state index in [4.69, 9.17) is 5.73 Å². The number of rotatable bonds is 4. The van der Waals surface area contributed by atoms with Gasteiger partial charge in [-0.05, 0) is 30.7 Å². The van der Waals surface area contributed by atoms with Crippen LogP contribution < -0.4 is 5.73 Å². The molecule has 6 heteroatoms. The number of hydrogen-bond acceptors (Lipinski definition) is 3. The van der Waals surface area contributed by atoms with E-state index in [0.29, 0.717) is 5.56 Å². The quantitative estimate of drug-likeness (QED) is 0.848. The summed E-state index contributed by atoms with van der Waals surface area (Å²) in [5.74, 6) is -0.931. The zero-order valence-corrected chi connectivity index (χ0v) is 11.9. The molecule has 0 saturated heterocycles. The van der Waals surface area contributed by atoms with Crippen LogP contribution in [0.1, 0.15) is 18.5 Å². The largest absolute Gasteiger partial charge is 0.464 e. The second-order valence-electron chi connectivity index (χ2n) is 4.11. The lowest BCUT2D eigenvalue weighted by molar-refractivity contribution is -0.149. The minimum atomic E-state index is -1.88. The first-order valence-electron chi connectivity index (χ1n) is 5.87. The average molecular weight is 329 g/mol. The van der Waals surface area contributed by atoms with E-state index in [1.165, 1.54) is 0 Å². The van der Waals surface area contributed by atoms with E-state index >= 15 is 0 Å². The molecule has 1 aromatic carbocycles. The number of hydrogen-bond donors (Lipinski definition) is 2. The van der Waals surface area contributed by atoms with Crippen LogP contribution in [0.2, 0.25) is 0 Å². The molecule has 0 aliphatic carbocycles. The number of nitrogens with two attached hydrogens (primary N) is 1. The Morgan fingerprint density at radius 3 is 3.00 bits per heavy atom. The number of fused-ring (bicyclic) bond motifs is 1. The lowest BCUT2D eigenvalue weighted by Gasteiger charge is -2.15. The van der Waals surface area contributed by atoms with Crippen LogP contribution in [0.25, 0.3) is 10.9 Å². The predicted octanol–water partition coefficient (Wildman–Crippen LogP) is 2.83. The summed E-state index contributed by atoms with van der Waals surface area (Å²) in [6, 6.07) is 4.50. The molecule has 0 bridgehead atoms. The second-order valence-corrected chi connectivity index (χ2v) is 5.03. The van der Waals surface area contributed by atoms with Gasteiger partial charge in [0.15, 0.2) is 0 Å². The van der Waals surface area contributed by atoms with Gasteiger partial charge < -0.3 is 15.5 Å². The van der Waals surface area contributed by atoms with Crippen LogP contribution >= 0.6 is 15.9 Å². The SMILES string of the molecule is CCOC(=O)C(F)[C@@H](N)c1c[nH]c2ccc(Br)cc12. The van der Waals surface area contributed by atoms with Gasteiger partial charge >= 0.3 is 5.97 Å². The van der Waals surface area contributed by atoms with Crippen LogP contribution in [0.4, 0.5) is 4.39 Å². The maximum Gasteiger partial charge on any atom is 0.342 e. The fraction of sp³-hybridized carbons (Fsp3) is 0.308. The molecule has 1 aromatic heterocycles. The highest BCUT2D eigenvalue weighted by atomic mass is 79.9. The zero-order valence-electron chi connectivity index (χ0n) is 10.3. The molecule has 2 aromatic rings. The number of aromatic nitrogens is 1. The summed E-state index contributed by atoms with van der Waals surface area (Å²) in [7, 11) is 0. The number of alkyl halides is 1. The Bertz CT molecular complexity index is 599. The average Bonchev–Trinajstić information content (AvgIpc) is 2.80. The van der Waals surface area contributed by atoms with Crippen molar-refractivity contribution in [3.8, 4) is 0 Å². The Hall–Kier alpha value is -1.40. The van der Waals surface area contributed by atoms with Gasteiger partial charge in [0.25, 0.3) is 0 Å². The van der Waals surface area contributed by atoms with E-state index < -0.39 is 18.2 Å². The number of aromatic amines is 1. The van der Waals surface area contributed by atoms with Crippen molar-refractivity contribution in [1.82, 2.24) is 4.98 Å². The molecule has 2 rings (SSSR count). The first-order valence-corrected chi connectivity index (χ1v) is 6.66. The van der Waals surface area contributed by atoms with Crippen molar-refractivity contribution < 1.29 is 13.9 Å². The molecule has 3 N–H and O–H groups in total. The molecule has 1 unspecified atom stereocenters. The van der Waals surface area contributed by atoms with Crippen molar-refractivity contribution in [2.75, 3.05) is 6.61 Å². The topological polar surface area (TPSA) is 68.1 Å². The molecule has 102 valence electrons. The van der Waals surface area contributed by atoms with E-state index in [2.05, 4.69) is 25.7 Å². The number of carbonyl (C=O) groups excluding carboxylic acids is 1. The van der Waals surface area contributed by atoms with Crippen molar-refractivity contribution in [1.29, 1.82) is 0 Å². The molecule has 0 spiro atoms. The Kier molecular flexibility index (Phi) is 4.21. The third-order valence-electron chi connectivity index (χ3n) is 2.86. The van der Waals surface area contributed by atoms with Crippen molar-refractivity contribution in [3.63, 3.8) is 0 Å². The van der Waals surface area contributed by atoms with Gasteiger partial charge in [-0.1, -0.05) is 15.9 Å². The summed E-state index contributed by atoms with van der Waals surface area (Å²) in [5.41, 5.74) is 7.21. The number of ether oxygens (including phenoxy) is 1. The minimum absolute atomic E-state index is 0.130. The van der Waals surface area contributed by atoms with Gasteiger partial charge in [-0.3, -0.25) is 0 Å². The smallest absolute Gasteiger partial charge is 0.342 e. The predicted molar refractivity (Wildman–Crippen MR) is 74.5 cm³/mol. The highest BCUT2D eigenvalue weighted by Crippen LogP contribution is 2.28. The highest BCUT2D eigenvalue weighted by molar-refractivity contribution is 9.10. The molecule has 0 aliphatic heterocycles. The van der Waals surface area contributed by atoms with E-state index in [0.717, 1.165) is 15.4 Å². The lowest BCUT2D eigenvalue weighted by Crippen LogP contribution is -2.31. The Balaban J connectivity index is 2.33. The Morgan fingerprint density at radius 1 is 1.58 bits per heavy atom. The van der Waals surface area contributed by atoms with Gasteiger partial charge in [0.05, 0.1) is 12.6 Å². The maximum absolute atomic E-state index is 13.9. The van der Waals surface area contributed by atoms with Crippen LogP contribution in [0.3, 0.4) is 0 Å². The van der Waals surface area contributed by atoms with Crippen molar-refractivity contribution in [2.45, 2.75) is 19.1 Å². The summed E-state index contributed by atoms with van der Waals surface area (Å²) in [6.45, 7) is 1.75. The molecule has 0 saturated carbocycles. The number of nitrogens with one attached hydrogen (secondary N) is 1. The number of halogens is 2. The number of benzene rings is 1. The first kappa shape index (κ1) is 14.0. The molecule has 0 aliphatic rings. The van der Waals surface area contributed by atoms with Crippen LogP contribution in [-0.2, 0) is 9.53 Å². The molecule has 0 radical (unpaired) electrons. The normalized spacial score (nSPS) is 14.3. The van der Waals surface area contributed by atoms with Crippen molar-refractivity contribution in [2.24, 2.45) is 5.73 Å². The molecule has 0 amide bonds. The van der Waals surface area contributed by atoms with Crippen LogP contribution in [-0.4, -0.2) is 23.7 Å². The molecule has 0 fully saturated rings. The molecule has 2 atom stereocenters. The fourth-order valence-corrected chi connectivity index (χ4v) is 2.28. The third kappa shape index (κ3) is 2.79. The lowest BCUT2D eigenvalue weighted by atomic mass is 10.0. The minimum Gasteiger partial charge on any atom is -0.464 e. The van der Waals surface area contributed by atoms with E-state index in [1.54, 1.807) is 13.1 Å². The molecular formula is C13H14BrFN2O2. The van der Waals surface area contributed by atoms with Gasteiger partial charge in [0, 0.05) is 21.6 Å². The summed E-state index contributed by atoms with van der Waals surface area (Å²) in [4.78, 5) is 14.4.